The zero-order valence-corrected chi connectivity index (χ0v) is 15.5. The highest BCUT2D eigenvalue weighted by atomic mass is 79.9. The lowest BCUT2D eigenvalue weighted by Crippen LogP contribution is -2.15. The van der Waals surface area contributed by atoms with Crippen molar-refractivity contribution in [2.75, 3.05) is 7.05 Å². The molecule has 0 spiro atoms. The molecule has 2 rings (SSSR count). The van der Waals surface area contributed by atoms with Gasteiger partial charge in [-0.15, -0.1) is 11.3 Å². The molecule has 21 heavy (non-hydrogen) atoms. The maximum atomic E-state index is 3.66. The molecule has 1 nitrogen and oxygen atoms in total. The zero-order chi connectivity index (χ0) is 15.1. The second kappa shape index (κ2) is 8.92. The lowest BCUT2D eigenvalue weighted by atomic mass is 9.99. The molecule has 1 aromatic carbocycles. The average Bonchev–Trinajstić information content (AvgIpc) is 2.92. The van der Waals surface area contributed by atoms with Crippen LogP contribution in [-0.4, -0.2) is 7.05 Å². The van der Waals surface area contributed by atoms with E-state index in [9.17, 15) is 0 Å². The van der Waals surface area contributed by atoms with Crippen molar-refractivity contribution < 1.29 is 0 Å². The van der Waals surface area contributed by atoms with Crippen molar-refractivity contribution in [2.45, 2.75) is 57.9 Å². The van der Waals surface area contributed by atoms with E-state index < -0.39 is 0 Å². The van der Waals surface area contributed by atoms with Gasteiger partial charge in [0, 0.05) is 15.2 Å². The molecule has 3 heteroatoms. The van der Waals surface area contributed by atoms with E-state index in [0.29, 0.717) is 6.04 Å². The Hall–Kier alpha value is -0.380. The predicted octanol–water partition coefficient (Wildman–Crippen LogP) is 6.67. The molecule has 0 saturated heterocycles. The summed E-state index contributed by atoms with van der Waals surface area (Å²) in [5, 5.41) is 7.24. The van der Waals surface area contributed by atoms with Gasteiger partial charge in [-0.05, 0) is 51.8 Å². The van der Waals surface area contributed by atoms with Gasteiger partial charge in [-0.1, -0.05) is 57.6 Å². The summed E-state index contributed by atoms with van der Waals surface area (Å²) in [6, 6.07) is 7.00. The van der Waals surface area contributed by atoms with Gasteiger partial charge in [-0.25, -0.2) is 0 Å². The smallest absolute Gasteiger partial charge is 0.0488 e. The van der Waals surface area contributed by atoms with Gasteiger partial charge in [-0.2, -0.15) is 0 Å². The van der Waals surface area contributed by atoms with Crippen LogP contribution < -0.4 is 5.32 Å². The van der Waals surface area contributed by atoms with Crippen molar-refractivity contribution in [2.24, 2.45) is 0 Å². The molecule has 1 N–H and O–H groups in total. The highest BCUT2D eigenvalue weighted by Gasteiger charge is 2.14. The number of thiophene rings is 1. The average molecular weight is 368 g/mol. The molecular formula is C18H26BrNS. The van der Waals surface area contributed by atoms with Crippen LogP contribution in [0.3, 0.4) is 0 Å². The minimum atomic E-state index is 0.485. The topological polar surface area (TPSA) is 12.0 Å². The van der Waals surface area contributed by atoms with Crippen molar-refractivity contribution >= 4 is 37.4 Å². The number of unbranched alkanes of at least 4 members (excludes halogenated alkanes) is 5. The Labute approximate surface area is 141 Å². The highest BCUT2D eigenvalue weighted by molar-refractivity contribution is 9.10. The van der Waals surface area contributed by atoms with Crippen LogP contribution in [0, 0.1) is 0 Å². The molecule has 0 saturated carbocycles. The van der Waals surface area contributed by atoms with Gasteiger partial charge in [0.05, 0.1) is 0 Å². The number of hydrogen-bond acceptors (Lipinski definition) is 2. The molecule has 0 amide bonds. The Balaban J connectivity index is 1.95. The Morgan fingerprint density at radius 3 is 2.67 bits per heavy atom. The van der Waals surface area contributed by atoms with E-state index in [2.05, 4.69) is 58.8 Å². The second-order valence-electron chi connectivity index (χ2n) is 5.71. The first kappa shape index (κ1) is 17.0. The maximum absolute atomic E-state index is 3.66. The van der Waals surface area contributed by atoms with Crippen molar-refractivity contribution in [1.29, 1.82) is 0 Å². The molecule has 1 unspecified atom stereocenters. The zero-order valence-electron chi connectivity index (χ0n) is 13.1. The van der Waals surface area contributed by atoms with Crippen molar-refractivity contribution in [1.82, 2.24) is 5.32 Å². The summed E-state index contributed by atoms with van der Waals surface area (Å²) in [6.07, 6.45) is 9.42. The van der Waals surface area contributed by atoms with Crippen molar-refractivity contribution in [3.63, 3.8) is 0 Å². The quantitative estimate of drug-likeness (QED) is 0.487. The first-order chi connectivity index (χ1) is 10.3. The third kappa shape index (κ3) is 4.54. The van der Waals surface area contributed by atoms with E-state index >= 15 is 0 Å². The standard InChI is InChI=1S/C18H26BrNS/c1-3-4-5-6-7-8-12-17(20-2)15-13-21-18-14(15)10-9-11-16(18)19/h9-11,13,17,20H,3-8,12H2,1-2H3. The van der Waals surface area contributed by atoms with Crippen LogP contribution in [-0.2, 0) is 0 Å². The largest absolute Gasteiger partial charge is 0.313 e. The van der Waals surface area contributed by atoms with E-state index in [1.54, 1.807) is 0 Å². The summed E-state index contributed by atoms with van der Waals surface area (Å²) in [5.41, 5.74) is 1.47. The van der Waals surface area contributed by atoms with Gasteiger partial charge in [0.2, 0.25) is 0 Å². The number of rotatable bonds is 9. The normalized spacial score (nSPS) is 12.9. The van der Waals surface area contributed by atoms with E-state index in [1.165, 1.54) is 65.1 Å². The molecule has 1 atom stereocenters. The fourth-order valence-electron chi connectivity index (χ4n) is 2.90. The molecule has 1 heterocycles. The third-order valence-corrected chi connectivity index (χ3v) is 6.12. The van der Waals surface area contributed by atoms with E-state index in [1.807, 2.05) is 11.3 Å². The number of nitrogens with one attached hydrogen (secondary N) is 1. The number of fused-ring (bicyclic) bond motifs is 1. The maximum Gasteiger partial charge on any atom is 0.0488 e. The third-order valence-electron chi connectivity index (χ3n) is 4.15. The fourth-order valence-corrected chi connectivity index (χ4v) is 4.57. The molecule has 0 bridgehead atoms. The Bertz CT molecular complexity index is 549. The second-order valence-corrected chi connectivity index (χ2v) is 7.44. The highest BCUT2D eigenvalue weighted by Crippen LogP contribution is 2.36. The molecule has 0 aliphatic rings. The summed E-state index contributed by atoms with van der Waals surface area (Å²) in [7, 11) is 2.09. The Morgan fingerprint density at radius 2 is 1.90 bits per heavy atom. The van der Waals surface area contributed by atoms with Gasteiger partial charge in [0.15, 0.2) is 0 Å². The van der Waals surface area contributed by atoms with Crippen LogP contribution in [0.5, 0.6) is 0 Å². The van der Waals surface area contributed by atoms with Crippen LogP contribution in [0.25, 0.3) is 10.1 Å². The summed E-state index contributed by atoms with van der Waals surface area (Å²) in [4.78, 5) is 0. The van der Waals surface area contributed by atoms with E-state index in [4.69, 9.17) is 0 Å². The predicted molar refractivity (Wildman–Crippen MR) is 99.3 cm³/mol. The number of hydrogen-bond donors (Lipinski definition) is 1. The Morgan fingerprint density at radius 1 is 1.14 bits per heavy atom. The van der Waals surface area contributed by atoms with Gasteiger partial charge < -0.3 is 5.32 Å². The lowest BCUT2D eigenvalue weighted by molar-refractivity contribution is 0.501. The molecule has 0 aliphatic carbocycles. The molecule has 0 aliphatic heterocycles. The van der Waals surface area contributed by atoms with Crippen LogP contribution >= 0.6 is 27.3 Å². The van der Waals surface area contributed by atoms with Gasteiger partial charge in [0.1, 0.15) is 0 Å². The van der Waals surface area contributed by atoms with Crippen molar-refractivity contribution in [3.8, 4) is 0 Å². The van der Waals surface area contributed by atoms with E-state index in [-0.39, 0.29) is 0 Å². The summed E-state index contributed by atoms with van der Waals surface area (Å²) < 4.78 is 2.58. The molecule has 0 fully saturated rings. The first-order valence-electron chi connectivity index (χ1n) is 8.10. The Kier molecular flexibility index (Phi) is 7.21. The summed E-state index contributed by atoms with van der Waals surface area (Å²) >= 11 is 5.51. The fraction of sp³-hybridized carbons (Fsp3) is 0.556. The van der Waals surface area contributed by atoms with Gasteiger partial charge in [0.25, 0.3) is 0 Å². The summed E-state index contributed by atoms with van der Waals surface area (Å²) in [5.74, 6) is 0. The minimum absolute atomic E-state index is 0.485. The SMILES string of the molecule is CCCCCCCCC(NC)c1csc2c(Br)cccc12. The monoisotopic (exact) mass is 367 g/mol. The number of benzene rings is 1. The number of halogens is 1. The van der Waals surface area contributed by atoms with Crippen molar-refractivity contribution in [3.05, 3.63) is 33.6 Å². The lowest BCUT2D eigenvalue weighted by Gasteiger charge is -2.16. The van der Waals surface area contributed by atoms with Crippen LogP contribution in [0.2, 0.25) is 0 Å². The molecule has 116 valence electrons. The van der Waals surface area contributed by atoms with Crippen LogP contribution in [0.4, 0.5) is 0 Å². The molecular weight excluding hydrogens is 342 g/mol. The van der Waals surface area contributed by atoms with E-state index in [0.717, 1.165) is 0 Å². The van der Waals surface area contributed by atoms with Gasteiger partial charge in [-0.3, -0.25) is 0 Å². The van der Waals surface area contributed by atoms with Gasteiger partial charge >= 0.3 is 0 Å². The first-order valence-corrected chi connectivity index (χ1v) is 9.78. The van der Waals surface area contributed by atoms with Crippen LogP contribution in [0.15, 0.2) is 28.1 Å². The molecule has 0 radical (unpaired) electrons. The van der Waals surface area contributed by atoms with Crippen LogP contribution in [0.1, 0.15) is 63.5 Å². The molecule has 2 aromatic rings. The minimum Gasteiger partial charge on any atom is -0.313 e. The summed E-state index contributed by atoms with van der Waals surface area (Å²) in [6.45, 7) is 2.27. The molecule has 1 aromatic heterocycles.